The Balaban J connectivity index is 1.23. The normalized spacial score (nSPS) is 19.4. The summed E-state index contributed by atoms with van der Waals surface area (Å²) in [6.45, 7) is 20.7. The van der Waals surface area contributed by atoms with Gasteiger partial charge >= 0.3 is 5.97 Å². The number of likely N-dealkylation sites (tertiary alicyclic amines) is 1. The predicted molar refractivity (Wildman–Crippen MR) is 232 cm³/mol. The summed E-state index contributed by atoms with van der Waals surface area (Å²) in [6.07, 6.45) is 9.98. The van der Waals surface area contributed by atoms with Gasteiger partial charge in [0.2, 0.25) is 11.3 Å². The molecule has 0 saturated carbocycles. The van der Waals surface area contributed by atoms with Gasteiger partial charge < -0.3 is 23.9 Å². The molecule has 15 heteroatoms. The fraction of sp³-hybridized carbons (Fsp3) is 0.457. The molecule has 1 N–H and O–H groups in total. The van der Waals surface area contributed by atoms with Crippen molar-refractivity contribution in [3.05, 3.63) is 94.2 Å². The van der Waals surface area contributed by atoms with Crippen molar-refractivity contribution in [1.82, 2.24) is 24.1 Å². The minimum Gasteiger partial charge on any atom is -0.456 e. The zero-order valence-electron chi connectivity index (χ0n) is 36.1. The molecule has 0 bridgehead atoms. The Bertz CT molecular complexity index is 2690. The van der Waals surface area contributed by atoms with Gasteiger partial charge in [0, 0.05) is 86.0 Å². The number of likely N-dealkylation sites (N-methyl/N-ethyl adjacent to an activating group) is 2. The molecule has 322 valence electrons. The van der Waals surface area contributed by atoms with Crippen LogP contribution in [0.1, 0.15) is 103 Å². The number of carbonyl (C=O) groups excluding carboxylic acids is 3. The topological polar surface area (TPSA) is 155 Å². The summed E-state index contributed by atoms with van der Waals surface area (Å²) in [6, 6.07) is 8.15. The van der Waals surface area contributed by atoms with Crippen LogP contribution in [-0.2, 0) is 35.9 Å². The molecule has 5 aliphatic rings. The molecule has 2 aromatic carbocycles. The quantitative estimate of drug-likeness (QED) is 0.169. The van der Waals surface area contributed by atoms with Gasteiger partial charge in [-0.05, 0) is 82.7 Å². The predicted octanol–water partition coefficient (Wildman–Crippen LogP) is 5.06. The number of rotatable bonds is 10. The standard InChI is InChI=1S/C46H54N6O8S/c1-9-29-24-45(5,6)50(10-2)36-22-38-34(20-32(29)36)42(35-21-33-31(27-61(56,57)58)25-46(7,8)51(11-3)37(33)23-39(35)59-38)43-47-16-19-49(43)26-41(54)48-17-14-30(15-18-48)44(55)60-52-28(4)12-13-40(52)53/h16,19-25,30H,4,9-15,17-18,26-27H2,1-3,5-8H3/p+1. The minimum absolute atomic E-state index is 0.0267. The second kappa shape index (κ2) is 15.4. The van der Waals surface area contributed by atoms with Crippen molar-refractivity contribution >= 4 is 50.3 Å². The lowest BCUT2D eigenvalue weighted by Gasteiger charge is -2.43. The van der Waals surface area contributed by atoms with Crippen LogP contribution in [0.5, 0.6) is 11.5 Å². The molecule has 61 heavy (non-hydrogen) atoms. The van der Waals surface area contributed by atoms with E-state index >= 15 is 0 Å². The lowest BCUT2D eigenvalue weighted by atomic mass is 9.84. The third kappa shape index (κ3) is 7.60. The summed E-state index contributed by atoms with van der Waals surface area (Å²) in [5.41, 5.74) is 5.62. The number of fused-ring (bicyclic) bond motifs is 4. The van der Waals surface area contributed by atoms with Gasteiger partial charge in [0.25, 0.3) is 16.0 Å². The number of aromatic nitrogens is 2. The average molecular weight is 852 g/mol. The van der Waals surface area contributed by atoms with Gasteiger partial charge in [-0.25, -0.2) is 14.4 Å². The Morgan fingerprint density at radius 2 is 1.72 bits per heavy atom. The number of hydroxylamine groups is 2. The summed E-state index contributed by atoms with van der Waals surface area (Å²) in [5.74, 6) is -0.221. The molecule has 6 heterocycles. The molecule has 2 amide bonds. The van der Waals surface area contributed by atoms with Gasteiger partial charge in [0.15, 0.2) is 5.54 Å². The molecule has 3 aromatic rings. The summed E-state index contributed by atoms with van der Waals surface area (Å²) in [5, 5.41) is 2.46. The van der Waals surface area contributed by atoms with E-state index in [9.17, 15) is 27.4 Å². The number of amides is 2. The van der Waals surface area contributed by atoms with Crippen LogP contribution in [0.2, 0.25) is 0 Å². The number of allylic oxidation sites excluding steroid dienone is 2. The van der Waals surface area contributed by atoms with Gasteiger partial charge in [0.1, 0.15) is 36.2 Å². The number of hydrogen-bond donors (Lipinski definition) is 1. The lowest BCUT2D eigenvalue weighted by Crippen LogP contribution is -2.50. The van der Waals surface area contributed by atoms with Gasteiger partial charge in [-0.15, -0.1) is 5.06 Å². The van der Waals surface area contributed by atoms with Crippen molar-refractivity contribution < 1.29 is 36.9 Å². The van der Waals surface area contributed by atoms with Gasteiger partial charge in [-0.1, -0.05) is 19.6 Å². The van der Waals surface area contributed by atoms with Crippen molar-refractivity contribution in [2.45, 2.75) is 98.2 Å². The van der Waals surface area contributed by atoms with Crippen LogP contribution in [0.15, 0.2) is 61.1 Å². The number of benzene rings is 2. The Kier molecular flexibility index (Phi) is 10.7. The number of anilines is 1. The largest absolute Gasteiger partial charge is 0.456 e. The Morgan fingerprint density at radius 1 is 0.984 bits per heavy atom. The maximum atomic E-state index is 14.1. The fourth-order valence-corrected chi connectivity index (χ4v) is 10.5. The molecule has 1 aromatic heterocycles. The van der Waals surface area contributed by atoms with Crippen LogP contribution in [0.25, 0.3) is 16.7 Å². The molecule has 14 nitrogen and oxygen atoms in total. The summed E-state index contributed by atoms with van der Waals surface area (Å²) in [4.78, 5) is 53.7. The smallest absolute Gasteiger partial charge is 0.336 e. The number of imidazole rings is 1. The molecule has 0 atom stereocenters. The second-order valence-corrected chi connectivity index (χ2v) is 19.1. The van der Waals surface area contributed by atoms with E-state index in [1.165, 1.54) is 5.57 Å². The van der Waals surface area contributed by atoms with E-state index < -0.39 is 33.3 Å². The zero-order chi connectivity index (χ0) is 43.8. The fourth-order valence-electron chi connectivity index (χ4n) is 9.90. The first-order valence-electron chi connectivity index (χ1n) is 21.2. The van der Waals surface area contributed by atoms with Crippen LogP contribution >= 0.6 is 0 Å². The van der Waals surface area contributed by atoms with Crippen molar-refractivity contribution in [2.24, 2.45) is 5.92 Å². The van der Waals surface area contributed by atoms with E-state index in [0.717, 1.165) is 45.8 Å². The molecular weight excluding hydrogens is 797 g/mol. The first-order chi connectivity index (χ1) is 28.8. The van der Waals surface area contributed by atoms with E-state index in [4.69, 9.17) is 14.6 Å². The van der Waals surface area contributed by atoms with E-state index in [2.05, 4.69) is 62.0 Å². The third-order valence-electron chi connectivity index (χ3n) is 12.8. The summed E-state index contributed by atoms with van der Waals surface area (Å²) < 4.78 is 46.0. The zero-order valence-corrected chi connectivity index (χ0v) is 36.9. The van der Waals surface area contributed by atoms with Crippen LogP contribution in [0, 0.1) is 5.92 Å². The first-order valence-corrected chi connectivity index (χ1v) is 22.8. The first kappa shape index (κ1) is 42.2. The Labute approximate surface area is 356 Å². The lowest BCUT2D eigenvalue weighted by molar-refractivity contribution is -0.192. The van der Waals surface area contributed by atoms with Crippen LogP contribution in [0.3, 0.4) is 0 Å². The van der Waals surface area contributed by atoms with Crippen molar-refractivity contribution in [3.8, 4) is 11.5 Å². The molecular formula is C46H55N6O8S+. The van der Waals surface area contributed by atoms with Crippen LogP contribution < -0.4 is 24.8 Å². The monoisotopic (exact) mass is 851 g/mol. The number of carbonyl (C=O) groups is 3. The highest BCUT2D eigenvalue weighted by molar-refractivity contribution is 7.86. The summed E-state index contributed by atoms with van der Waals surface area (Å²) >= 11 is 0. The third-order valence-corrected chi connectivity index (χ3v) is 13.4. The van der Waals surface area contributed by atoms with E-state index in [1.807, 2.05) is 43.5 Å². The SMILES string of the molecule is C=C1CCC(=O)N1OC(=O)C1CCN(C(=O)Cn2ccnc2C2=c3cc4c(cc3Oc3cc5c(cc32)C(CC)=CC(C)(C)N5CC)=[N+](CC)C(C)(C)C=C4CS(=O)(=O)O)CC1. The van der Waals surface area contributed by atoms with E-state index in [-0.39, 0.29) is 30.3 Å². The highest BCUT2D eigenvalue weighted by Crippen LogP contribution is 2.47. The maximum Gasteiger partial charge on any atom is 0.336 e. The van der Waals surface area contributed by atoms with Crippen molar-refractivity contribution in [1.29, 1.82) is 0 Å². The molecule has 0 unspecified atom stereocenters. The van der Waals surface area contributed by atoms with Gasteiger partial charge in [-0.3, -0.25) is 14.1 Å². The van der Waals surface area contributed by atoms with E-state index in [0.29, 0.717) is 78.3 Å². The molecule has 0 aliphatic carbocycles. The van der Waals surface area contributed by atoms with E-state index in [1.54, 1.807) is 17.3 Å². The Hall–Kier alpha value is -5.54. The number of nitrogens with zero attached hydrogens (tertiary/aromatic N) is 6. The number of piperidine rings is 1. The molecule has 0 spiro atoms. The highest BCUT2D eigenvalue weighted by Gasteiger charge is 2.39. The molecule has 0 radical (unpaired) electrons. The average Bonchev–Trinajstić information content (AvgIpc) is 3.78. The van der Waals surface area contributed by atoms with Gasteiger partial charge in [0.05, 0.1) is 28.8 Å². The summed E-state index contributed by atoms with van der Waals surface area (Å²) in [7, 11) is -4.39. The molecule has 2 saturated heterocycles. The molecule has 2 fully saturated rings. The molecule has 8 rings (SSSR count). The van der Waals surface area contributed by atoms with Crippen molar-refractivity contribution in [3.63, 3.8) is 0 Å². The maximum absolute atomic E-state index is 14.1. The molecule has 5 aliphatic heterocycles. The number of hydrogen-bond acceptors (Lipinski definition) is 9. The minimum atomic E-state index is -4.39. The second-order valence-electron chi connectivity index (χ2n) is 17.6. The number of ether oxygens (including phenoxy) is 1. The van der Waals surface area contributed by atoms with Crippen LogP contribution in [-0.4, -0.2) is 93.3 Å². The Morgan fingerprint density at radius 3 is 2.36 bits per heavy atom. The van der Waals surface area contributed by atoms with Crippen LogP contribution in [0.4, 0.5) is 5.69 Å². The van der Waals surface area contributed by atoms with Crippen molar-refractivity contribution in [2.75, 3.05) is 36.8 Å². The highest BCUT2D eigenvalue weighted by atomic mass is 32.2. The van der Waals surface area contributed by atoms with Gasteiger partial charge in [-0.2, -0.15) is 8.42 Å².